The second kappa shape index (κ2) is 7.06. The van der Waals surface area contributed by atoms with Crippen molar-refractivity contribution in [3.8, 4) is 10.6 Å². The number of carbonyl (C=O) groups is 1. The lowest BCUT2D eigenvalue weighted by molar-refractivity contribution is -0.118. The van der Waals surface area contributed by atoms with Crippen molar-refractivity contribution in [3.05, 3.63) is 29.7 Å². The maximum Gasteiger partial charge on any atom is 0.228 e. The molecule has 0 aromatic carbocycles. The number of hydrogen-bond acceptors (Lipinski definition) is 5. The van der Waals surface area contributed by atoms with Crippen molar-refractivity contribution in [2.75, 3.05) is 17.2 Å². The minimum Gasteiger partial charge on any atom is -0.301 e. The number of halogens is 1. The summed E-state index contributed by atoms with van der Waals surface area (Å²) in [6.07, 6.45) is 3.81. The molecule has 0 saturated carbocycles. The van der Waals surface area contributed by atoms with E-state index >= 15 is 0 Å². The first-order chi connectivity index (χ1) is 9.67. The Labute approximate surface area is 132 Å². The molecule has 0 radical (unpaired) electrons. The van der Waals surface area contributed by atoms with Gasteiger partial charge >= 0.3 is 0 Å². The van der Waals surface area contributed by atoms with Gasteiger partial charge in [0.25, 0.3) is 0 Å². The van der Waals surface area contributed by atoms with Gasteiger partial charge in [-0.15, -0.1) is 0 Å². The summed E-state index contributed by atoms with van der Waals surface area (Å²) in [5.41, 5.74) is 0.892. The van der Waals surface area contributed by atoms with Crippen molar-refractivity contribution in [2.24, 2.45) is 0 Å². The zero-order valence-electron chi connectivity index (χ0n) is 10.9. The van der Waals surface area contributed by atoms with Crippen LogP contribution in [0.15, 0.2) is 24.5 Å². The molecule has 2 aromatic heterocycles. The maximum absolute atomic E-state index is 12.1. The molecule has 0 aliphatic heterocycles. The smallest absolute Gasteiger partial charge is 0.228 e. The summed E-state index contributed by atoms with van der Waals surface area (Å²) in [5.74, 6) is 0.520. The molecule has 106 valence electrons. The molecular formula is C13H14ClN3OS2. The predicted octanol–water partition coefficient (Wildman–Crippen LogP) is 3.53. The van der Waals surface area contributed by atoms with Crippen molar-refractivity contribution >= 4 is 46.5 Å². The quantitative estimate of drug-likeness (QED) is 0.854. The van der Waals surface area contributed by atoms with E-state index in [4.69, 9.17) is 11.6 Å². The van der Waals surface area contributed by atoms with Crippen LogP contribution in [-0.4, -0.2) is 28.2 Å². The van der Waals surface area contributed by atoms with E-state index in [1.807, 2.05) is 19.1 Å². The number of thiol groups is 1. The largest absolute Gasteiger partial charge is 0.301 e. The van der Waals surface area contributed by atoms with Gasteiger partial charge in [-0.3, -0.25) is 9.78 Å². The molecule has 2 heterocycles. The lowest BCUT2D eigenvalue weighted by atomic mass is 10.3. The molecule has 2 aromatic rings. The Morgan fingerprint density at radius 1 is 1.55 bits per heavy atom. The second-order valence-corrected chi connectivity index (χ2v) is 5.75. The van der Waals surface area contributed by atoms with Crippen LogP contribution in [0.2, 0.25) is 5.15 Å². The van der Waals surface area contributed by atoms with Crippen LogP contribution in [0, 0.1) is 0 Å². The maximum atomic E-state index is 12.1. The minimum atomic E-state index is 0.00536. The predicted molar refractivity (Wildman–Crippen MR) is 86.9 cm³/mol. The molecular weight excluding hydrogens is 314 g/mol. The number of thiazole rings is 1. The highest BCUT2D eigenvalue weighted by atomic mass is 35.5. The Bertz CT molecular complexity index is 589. The molecule has 1 amide bonds. The monoisotopic (exact) mass is 327 g/mol. The Balaban J connectivity index is 2.33. The highest BCUT2D eigenvalue weighted by Crippen LogP contribution is 2.37. The first-order valence-corrected chi connectivity index (χ1v) is 7.98. The fourth-order valence-electron chi connectivity index (χ4n) is 1.74. The van der Waals surface area contributed by atoms with Crippen molar-refractivity contribution in [1.82, 2.24) is 9.97 Å². The van der Waals surface area contributed by atoms with Gasteiger partial charge in [-0.25, -0.2) is 4.98 Å². The summed E-state index contributed by atoms with van der Waals surface area (Å²) >= 11 is 11.7. The molecule has 0 aliphatic carbocycles. The van der Waals surface area contributed by atoms with Gasteiger partial charge in [0, 0.05) is 30.9 Å². The van der Waals surface area contributed by atoms with Gasteiger partial charge < -0.3 is 4.90 Å². The van der Waals surface area contributed by atoms with Gasteiger partial charge in [-0.1, -0.05) is 22.9 Å². The normalized spacial score (nSPS) is 10.6. The number of aromatic nitrogens is 2. The van der Waals surface area contributed by atoms with E-state index in [1.165, 1.54) is 11.3 Å². The molecule has 0 aliphatic rings. The molecule has 7 heteroatoms. The third-order valence-electron chi connectivity index (χ3n) is 2.67. The van der Waals surface area contributed by atoms with E-state index in [-0.39, 0.29) is 5.91 Å². The van der Waals surface area contributed by atoms with Crippen LogP contribution in [-0.2, 0) is 4.79 Å². The summed E-state index contributed by atoms with van der Waals surface area (Å²) in [4.78, 5) is 22.1. The molecule has 4 nitrogen and oxygen atoms in total. The average Bonchev–Trinajstić information content (AvgIpc) is 2.83. The van der Waals surface area contributed by atoms with Gasteiger partial charge in [0.05, 0.1) is 0 Å². The van der Waals surface area contributed by atoms with Crippen LogP contribution >= 0.6 is 35.6 Å². The SMILES string of the molecule is CCN(C(=O)CCS)c1sc(-c2cccnc2)nc1Cl. The molecule has 0 atom stereocenters. The van der Waals surface area contributed by atoms with Gasteiger partial charge in [-0.05, 0) is 24.8 Å². The summed E-state index contributed by atoms with van der Waals surface area (Å²) < 4.78 is 0. The minimum absolute atomic E-state index is 0.00536. The van der Waals surface area contributed by atoms with Crippen LogP contribution < -0.4 is 4.90 Å². The average molecular weight is 328 g/mol. The molecule has 0 bridgehead atoms. The van der Waals surface area contributed by atoms with E-state index in [1.54, 1.807) is 17.3 Å². The molecule has 20 heavy (non-hydrogen) atoms. The summed E-state index contributed by atoms with van der Waals surface area (Å²) in [5, 5.41) is 1.79. The molecule has 0 saturated heterocycles. The van der Waals surface area contributed by atoms with E-state index in [0.29, 0.717) is 28.9 Å². The lowest BCUT2D eigenvalue weighted by Gasteiger charge is -2.18. The fraction of sp³-hybridized carbons (Fsp3) is 0.308. The van der Waals surface area contributed by atoms with Crippen LogP contribution in [0.25, 0.3) is 10.6 Å². The van der Waals surface area contributed by atoms with Crippen LogP contribution in [0.5, 0.6) is 0 Å². The summed E-state index contributed by atoms with van der Waals surface area (Å²) in [7, 11) is 0. The fourth-order valence-corrected chi connectivity index (χ4v) is 3.31. The van der Waals surface area contributed by atoms with Crippen LogP contribution in [0.1, 0.15) is 13.3 Å². The number of rotatable bonds is 5. The highest BCUT2D eigenvalue weighted by Gasteiger charge is 2.20. The van der Waals surface area contributed by atoms with Crippen LogP contribution in [0.3, 0.4) is 0 Å². The topological polar surface area (TPSA) is 46.1 Å². The number of amides is 1. The van der Waals surface area contributed by atoms with Crippen molar-refractivity contribution in [1.29, 1.82) is 0 Å². The number of nitrogens with zero attached hydrogens (tertiary/aromatic N) is 3. The molecule has 0 fully saturated rings. The zero-order valence-corrected chi connectivity index (χ0v) is 13.4. The van der Waals surface area contributed by atoms with Gasteiger partial charge in [0.15, 0.2) is 5.15 Å². The highest BCUT2D eigenvalue weighted by molar-refractivity contribution is 7.80. The number of anilines is 1. The Kier molecular flexibility index (Phi) is 5.39. The Hall–Kier alpha value is -1.11. The second-order valence-electron chi connectivity index (χ2n) is 3.97. The molecule has 0 unspecified atom stereocenters. The first-order valence-electron chi connectivity index (χ1n) is 6.15. The van der Waals surface area contributed by atoms with Crippen molar-refractivity contribution in [3.63, 3.8) is 0 Å². The van der Waals surface area contributed by atoms with Crippen molar-refractivity contribution < 1.29 is 4.79 Å². The zero-order chi connectivity index (χ0) is 14.5. The van der Waals surface area contributed by atoms with E-state index in [0.717, 1.165) is 10.6 Å². The third-order valence-corrected chi connectivity index (χ3v) is 4.39. The van der Waals surface area contributed by atoms with E-state index < -0.39 is 0 Å². The molecule has 2 rings (SSSR count). The van der Waals surface area contributed by atoms with Gasteiger partial charge in [0.2, 0.25) is 5.91 Å². The number of pyridine rings is 1. The van der Waals surface area contributed by atoms with E-state index in [2.05, 4.69) is 22.6 Å². The van der Waals surface area contributed by atoms with Crippen LogP contribution in [0.4, 0.5) is 5.00 Å². The van der Waals surface area contributed by atoms with E-state index in [9.17, 15) is 4.79 Å². The summed E-state index contributed by atoms with van der Waals surface area (Å²) in [6.45, 7) is 2.47. The summed E-state index contributed by atoms with van der Waals surface area (Å²) in [6, 6.07) is 3.76. The molecule has 0 spiro atoms. The number of carbonyl (C=O) groups excluding carboxylic acids is 1. The van der Waals surface area contributed by atoms with Gasteiger partial charge in [0.1, 0.15) is 10.0 Å². The Morgan fingerprint density at radius 2 is 2.35 bits per heavy atom. The van der Waals surface area contributed by atoms with Gasteiger partial charge in [-0.2, -0.15) is 12.6 Å². The Morgan fingerprint density at radius 3 is 2.95 bits per heavy atom. The third kappa shape index (κ3) is 3.31. The number of hydrogen-bond donors (Lipinski definition) is 1. The first kappa shape index (κ1) is 15.3. The van der Waals surface area contributed by atoms with Crippen molar-refractivity contribution in [2.45, 2.75) is 13.3 Å². The standard InChI is InChI=1S/C13H14ClN3OS2/c1-2-17(10(18)5-7-19)13-11(14)16-12(20-13)9-4-3-6-15-8-9/h3-4,6,8,19H,2,5,7H2,1H3. The lowest BCUT2D eigenvalue weighted by Crippen LogP contribution is -2.30. The molecule has 0 N–H and O–H groups in total.